The third kappa shape index (κ3) is 3.68. The molecule has 204 valence electrons. The number of ether oxygens (including phenoxy) is 2. The minimum atomic E-state index is -2.22. The summed E-state index contributed by atoms with van der Waals surface area (Å²) in [5, 5.41) is 10.8. The summed E-state index contributed by atoms with van der Waals surface area (Å²) >= 11 is 6.89. The van der Waals surface area contributed by atoms with Gasteiger partial charge in [0.25, 0.3) is 0 Å². The predicted octanol–water partition coefficient (Wildman–Crippen LogP) is 4.03. The Bertz CT molecular complexity index is 1090. The van der Waals surface area contributed by atoms with Crippen molar-refractivity contribution < 1.29 is 38.1 Å². The molecule has 0 heterocycles. The van der Waals surface area contributed by atoms with Gasteiger partial charge in [-0.3, -0.25) is 19.2 Å². The minimum Gasteiger partial charge on any atom is -0.457 e. The van der Waals surface area contributed by atoms with Crippen molar-refractivity contribution in [1.82, 2.24) is 0 Å². The minimum absolute atomic E-state index is 0.0133. The maximum absolute atomic E-state index is 17.5. The van der Waals surface area contributed by atoms with Crippen LogP contribution in [0.4, 0.5) is 4.39 Å². The van der Waals surface area contributed by atoms with Gasteiger partial charge in [-0.2, -0.15) is 0 Å². The third-order valence-electron chi connectivity index (χ3n) is 9.78. The molecule has 0 aromatic carbocycles. The number of fused-ring (bicyclic) bond motifs is 5. The van der Waals surface area contributed by atoms with Gasteiger partial charge in [0.1, 0.15) is 0 Å². The van der Waals surface area contributed by atoms with Gasteiger partial charge in [-0.05, 0) is 44.3 Å². The predicted molar refractivity (Wildman–Crippen MR) is 133 cm³/mol. The number of halogens is 2. The van der Waals surface area contributed by atoms with Gasteiger partial charge in [0.05, 0.1) is 6.10 Å². The smallest absolute Gasteiger partial charge is 0.306 e. The number of aliphatic hydroxyl groups excluding tert-OH is 1. The van der Waals surface area contributed by atoms with Crippen molar-refractivity contribution in [2.45, 2.75) is 89.5 Å². The van der Waals surface area contributed by atoms with Crippen LogP contribution >= 0.6 is 11.6 Å². The number of carbonyl (C=O) groups excluding carboxylic acids is 4. The molecule has 7 nitrogen and oxygen atoms in total. The molecule has 0 unspecified atom stereocenters. The van der Waals surface area contributed by atoms with Crippen LogP contribution in [0.1, 0.15) is 66.7 Å². The van der Waals surface area contributed by atoms with Crippen LogP contribution in [-0.2, 0) is 28.7 Å². The number of carbonyl (C=O) groups is 4. The second-order valence-corrected chi connectivity index (χ2v) is 12.1. The second kappa shape index (κ2) is 9.30. The van der Waals surface area contributed by atoms with E-state index in [1.54, 1.807) is 34.6 Å². The topological polar surface area (TPSA) is 107 Å². The Morgan fingerprint density at radius 2 is 1.84 bits per heavy atom. The molecule has 0 saturated heterocycles. The Balaban J connectivity index is 1.84. The number of allylic oxidation sites excluding steroid dienone is 4. The Kier molecular flexibility index (Phi) is 7.03. The number of rotatable bonds is 6. The summed E-state index contributed by atoms with van der Waals surface area (Å²) in [7, 11) is 0. The zero-order valence-electron chi connectivity index (χ0n) is 22.0. The molecule has 3 fully saturated rings. The number of ketones is 2. The lowest BCUT2D eigenvalue weighted by molar-refractivity contribution is -0.227. The van der Waals surface area contributed by atoms with Gasteiger partial charge >= 0.3 is 11.9 Å². The van der Waals surface area contributed by atoms with Gasteiger partial charge in [0.15, 0.2) is 23.7 Å². The van der Waals surface area contributed by atoms with Crippen LogP contribution in [0.15, 0.2) is 23.8 Å². The zero-order valence-corrected chi connectivity index (χ0v) is 22.8. The fraction of sp³-hybridized carbons (Fsp3) is 0.714. The highest BCUT2D eigenvalue weighted by atomic mass is 35.5. The van der Waals surface area contributed by atoms with Crippen LogP contribution < -0.4 is 0 Å². The first-order valence-electron chi connectivity index (χ1n) is 13.1. The van der Waals surface area contributed by atoms with Gasteiger partial charge < -0.3 is 14.6 Å². The van der Waals surface area contributed by atoms with Crippen LogP contribution in [0.2, 0.25) is 0 Å². The van der Waals surface area contributed by atoms with Crippen molar-refractivity contribution in [2.24, 2.45) is 28.6 Å². The molecule has 0 aliphatic heterocycles. The van der Waals surface area contributed by atoms with Crippen molar-refractivity contribution in [1.29, 1.82) is 0 Å². The van der Waals surface area contributed by atoms with E-state index in [9.17, 15) is 24.3 Å². The number of Topliss-reactive ketones (excluding diaryl/α,β-unsaturated/α-hetero) is 1. The number of aliphatic hydroxyl groups is 1. The monoisotopic (exact) mass is 538 g/mol. The highest BCUT2D eigenvalue weighted by Crippen LogP contribution is 2.72. The Labute approximate surface area is 221 Å². The second-order valence-electron chi connectivity index (χ2n) is 11.5. The highest BCUT2D eigenvalue weighted by Gasteiger charge is 2.78. The van der Waals surface area contributed by atoms with E-state index in [0.29, 0.717) is 12.0 Å². The lowest BCUT2D eigenvalue weighted by Gasteiger charge is -2.63. The van der Waals surface area contributed by atoms with E-state index in [1.165, 1.54) is 18.2 Å². The van der Waals surface area contributed by atoms with E-state index >= 15 is 4.39 Å². The number of alkyl halides is 2. The lowest BCUT2D eigenvalue weighted by Crippen LogP contribution is -2.72. The van der Waals surface area contributed by atoms with Crippen LogP contribution in [0.3, 0.4) is 0 Å². The van der Waals surface area contributed by atoms with Crippen molar-refractivity contribution in [3.05, 3.63) is 23.8 Å². The summed E-state index contributed by atoms with van der Waals surface area (Å²) in [6.07, 6.45) is 3.19. The molecule has 9 heteroatoms. The number of hydrogen-bond donors (Lipinski definition) is 1. The molecule has 37 heavy (non-hydrogen) atoms. The van der Waals surface area contributed by atoms with Crippen LogP contribution in [-0.4, -0.2) is 58.0 Å². The highest BCUT2D eigenvalue weighted by molar-refractivity contribution is 6.21. The molecule has 0 radical (unpaired) electrons. The van der Waals surface area contributed by atoms with E-state index in [0.717, 1.165) is 0 Å². The largest absolute Gasteiger partial charge is 0.457 e. The van der Waals surface area contributed by atoms with Crippen molar-refractivity contribution in [3.63, 3.8) is 0 Å². The molecule has 4 aliphatic carbocycles. The molecule has 9 atom stereocenters. The van der Waals surface area contributed by atoms with E-state index in [1.807, 2.05) is 0 Å². The summed E-state index contributed by atoms with van der Waals surface area (Å²) in [5.74, 6) is -3.96. The normalized spacial score (nSPS) is 44.3. The van der Waals surface area contributed by atoms with Crippen LogP contribution in [0, 0.1) is 28.6 Å². The first-order chi connectivity index (χ1) is 17.2. The van der Waals surface area contributed by atoms with E-state index in [-0.39, 0.29) is 31.5 Å². The summed E-state index contributed by atoms with van der Waals surface area (Å²) in [5.41, 5.74) is -5.84. The van der Waals surface area contributed by atoms with Gasteiger partial charge in [-0.25, -0.2) is 4.39 Å². The molecule has 0 aromatic rings. The molecule has 4 rings (SSSR count). The Hall–Kier alpha value is -2.06. The molecule has 3 saturated carbocycles. The van der Waals surface area contributed by atoms with Gasteiger partial charge in [-0.1, -0.05) is 39.3 Å². The first kappa shape index (κ1) is 28.0. The van der Waals surface area contributed by atoms with E-state index in [4.69, 9.17) is 21.1 Å². The summed E-state index contributed by atoms with van der Waals surface area (Å²) in [4.78, 5) is 50.5. The molecular formula is C28H36ClFO7. The molecule has 0 bridgehead atoms. The number of esters is 2. The van der Waals surface area contributed by atoms with Crippen molar-refractivity contribution >= 4 is 35.1 Å². The van der Waals surface area contributed by atoms with E-state index < -0.39 is 75.7 Å². The Morgan fingerprint density at radius 3 is 2.46 bits per heavy atom. The molecule has 1 N–H and O–H groups in total. The fourth-order valence-electron chi connectivity index (χ4n) is 7.95. The van der Waals surface area contributed by atoms with Gasteiger partial charge in [0, 0.05) is 40.9 Å². The van der Waals surface area contributed by atoms with Crippen LogP contribution in [0.25, 0.3) is 0 Å². The fourth-order valence-corrected chi connectivity index (χ4v) is 8.47. The van der Waals surface area contributed by atoms with E-state index in [2.05, 4.69) is 0 Å². The standard InChI is InChI=1S/C28H36ClFO7/c1-6-22(34)36-14-21(33)28(37-23(35)7-2)15(3)10-18-24-19(29)12-16-11-17(31)8-9-25(16,4)27(24,30)20(32)13-26(18,28)5/h8-9,11,15,18-20,24,32H,6-7,10,12-14H2,1-5H3/t15-,18+,19-,20+,24-,25+,26+,27-,28-/m1/s1. The van der Waals surface area contributed by atoms with Crippen molar-refractivity contribution in [2.75, 3.05) is 6.61 Å². The zero-order chi connectivity index (χ0) is 27.6. The summed E-state index contributed by atoms with van der Waals surface area (Å²) in [6.45, 7) is 7.84. The molecule has 4 aliphatic rings. The molecular weight excluding hydrogens is 503 g/mol. The third-order valence-corrected chi connectivity index (χ3v) is 10.2. The lowest BCUT2D eigenvalue weighted by atomic mass is 9.44. The van der Waals surface area contributed by atoms with Gasteiger partial charge in [0.2, 0.25) is 5.78 Å². The number of hydrogen-bond acceptors (Lipinski definition) is 7. The maximum Gasteiger partial charge on any atom is 0.306 e. The quantitative estimate of drug-likeness (QED) is 0.402. The average molecular weight is 539 g/mol. The summed E-state index contributed by atoms with van der Waals surface area (Å²) in [6, 6.07) is 0. The van der Waals surface area contributed by atoms with Crippen molar-refractivity contribution in [3.8, 4) is 0 Å². The molecule has 0 amide bonds. The Morgan fingerprint density at radius 1 is 1.19 bits per heavy atom. The average Bonchev–Trinajstić information content (AvgIpc) is 3.05. The SMILES string of the molecule is CCC(=O)OCC(=O)[C@]1(OC(=O)CC)[C@H](C)C[C@H]2[C@@H]3[C@H](Cl)CC4=CC(=O)C=C[C@]4(C)[C@@]3(F)[C@@H](O)C[C@@]21C. The molecule has 0 spiro atoms. The maximum atomic E-state index is 17.5. The van der Waals surface area contributed by atoms with Gasteiger partial charge in [-0.15, -0.1) is 11.6 Å². The first-order valence-corrected chi connectivity index (χ1v) is 13.5. The molecule has 0 aromatic heterocycles. The summed E-state index contributed by atoms with van der Waals surface area (Å²) < 4.78 is 28.7. The van der Waals surface area contributed by atoms with Crippen LogP contribution in [0.5, 0.6) is 0 Å².